The van der Waals surface area contributed by atoms with Crippen LogP contribution in [0.5, 0.6) is 11.5 Å². The number of anilines is 3. The number of nitriles is 1. The van der Waals surface area contributed by atoms with E-state index in [-0.39, 0.29) is 6.61 Å². The average Bonchev–Trinajstić information content (AvgIpc) is 2.81. The maximum Gasteiger partial charge on any atom is 0.302 e. The molecule has 3 N–H and O–H groups in total. The van der Waals surface area contributed by atoms with Crippen LogP contribution in [-0.4, -0.2) is 5.97 Å². The second-order valence-electron chi connectivity index (χ2n) is 7.93. The fourth-order valence-electron chi connectivity index (χ4n) is 3.57. The lowest BCUT2D eigenvalue weighted by molar-refractivity contribution is -0.142. The largest absolute Gasteiger partial charge is 0.461 e. The van der Waals surface area contributed by atoms with E-state index in [0.717, 1.165) is 22.4 Å². The van der Waals surface area contributed by atoms with Gasteiger partial charge in [-0.2, -0.15) is 5.26 Å². The molecule has 3 rings (SSSR count). The Balaban J connectivity index is 1.97. The van der Waals surface area contributed by atoms with Crippen molar-refractivity contribution in [1.82, 2.24) is 0 Å². The summed E-state index contributed by atoms with van der Waals surface area (Å²) < 4.78 is 11.6. The molecule has 7 heteroatoms. The third kappa shape index (κ3) is 6.05. The van der Waals surface area contributed by atoms with Gasteiger partial charge in [-0.3, -0.25) is 4.79 Å². The van der Waals surface area contributed by atoms with Crippen molar-refractivity contribution in [3.05, 3.63) is 82.2 Å². The van der Waals surface area contributed by atoms with E-state index in [4.69, 9.17) is 27.0 Å². The smallest absolute Gasteiger partial charge is 0.302 e. The molecule has 172 valence electrons. The Morgan fingerprint density at radius 1 is 1.15 bits per heavy atom. The first-order valence-electron chi connectivity index (χ1n) is 10.8. The number of nitrogens with one attached hydrogen (secondary N) is 1. The minimum absolute atomic E-state index is 0.0210. The minimum atomic E-state index is -0.402. The van der Waals surface area contributed by atoms with Crippen molar-refractivity contribution in [3.63, 3.8) is 0 Å². The van der Waals surface area contributed by atoms with Gasteiger partial charge in [-0.15, -0.1) is 0 Å². The van der Waals surface area contributed by atoms with Gasteiger partial charge in [0.05, 0.1) is 24.0 Å². The second-order valence-corrected chi connectivity index (χ2v) is 7.93. The molecule has 34 heavy (non-hydrogen) atoms. The van der Waals surface area contributed by atoms with Gasteiger partial charge in [0.25, 0.3) is 0 Å². The molecule has 0 unspecified atom stereocenters. The van der Waals surface area contributed by atoms with Crippen LogP contribution in [-0.2, 0) is 22.6 Å². The Kier molecular flexibility index (Phi) is 7.74. The number of hydrogen-bond donors (Lipinski definition) is 2. The average molecular weight is 455 g/mol. The van der Waals surface area contributed by atoms with Gasteiger partial charge in [-0.05, 0) is 55.2 Å². The van der Waals surface area contributed by atoms with E-state index >= 15 is 0 Å². The highest BCUT2D eigenvalue weighted by atomic mass is 16.5. The number of hydrogen-bond acceptors (Lipinski definition) is 6. The lowest BCUT2D eigenvalue weighted by atomic mass is 10.0. The molecule has 0 bridgehead atoms. The number of esters is 1. The fourth-order valence-corrected chi connectivity index (χ4v) is 3.57. The van der Waals surface area contributed by atoms with E-state index in [0.29, 0.717) is 47.0 Å². The van der Waals surface area contributed by atoms with E-state index in [1.54, 1.807) is 36.4 Å². The third-order valence-corrected chi connectivity index (χ3v) is 5.20. The zero-order valence-corrected chi connectivity index (χ0v) is 19.4. The molecule has 0 fully saturated rings. The van der Waals surface area contributed by atoms with Crippen LogP contribution in [0.4, 0.5) is 22.7 Å². The Labute approximate surface area is 199 Å². The summed E-state index contributed by atoms with van der Waals surface area (Å²) in [5.41, 5.74) is 12.3. The van der Waals surface area contributed by atoms with Crippen LogP contribution in [0, 0.1) is 31.8 Å². The van der Waals surface area contributed by atoms with E-state index in [9.17, 15) is 4.79 Å². The summed E-state index contributed by atoms with van der Waals surface area (Å²) in [5, 5.41) is 12.1. The normalized spacial score (nSPS) is 10.1. The van der Waals surface area contributed by atoms with Crippen LogP contribution >= 0.6 is 0 Å². The Morgan fingerprint density at radius 2 is 1.82 bits per heavy atom. The number of nitrogens with zero attached hydrogens (tertiary/aromatic N) is 2. The molecule has 7 nitrogen and oxygen atoms in total. The van der Waals surface area contributed by atoms with Crippen molar-refractivity contribution >= 4 is 28.7 Å². The molecule has 0 aliphatic rings. The molecule has 0 aliphatic heterocycles. The van der Waals surface area contributed by atoms with E-state index in [1.165, 1.54) is 6.92 Å². The molecule has 0 atom stereocenters. The fraction of sp³-hybridized carbons (Fsp3) is 0.222. The number of nitrogens with two attached hydrogens (primary N) is 1. The SMILES string of the molecule is [C-]#[N+]c1ccc(Nc2cc(Oc3c(C)cc(CCC#N)cc3C)c(COC(C)=O)cc2N)cc1. The van der Waals surface area contributed by atoms with Crippen molar-refractivity contribution in [1.29, 1.82) is 5.26 Å². The van der Waals surface area contributed by atoms with E-state index in [1.807, 2.05) is 26.0 Å². The molecule has 3 aromatic rings. The summed E-state index contributed by atoms with van der Waals surface area (Å²) in [4.78, 5) is 14.8. The number of nitrogen functional groups attached to an aromatic ring is 1. The highest BCUT2D eigenvalue weighted by Gasteiger charge is 2.15. The van der Waals surface area contributed by atoms with Gasteiger partial charge in [-0.25, -0.2) is 4.85 Å². The Hall–Kier alpha value is -4.49. The van der Waals surface area contributed by atoms with Crippen molar-refractivity contribution in [2.24, 2.45) is 0 Å². The summed E-state index contributed by atoms with van der Waals surface area (Å²) in [7, 11) is 0. The van der Waals surface area contributed by atoms with Crippen molar-refractivity contribution < 1.29 is 14.3 Å². The number of benzene rings is 3. The number of carbonyl (C=O) groups is 1. The monoisotopic (exact) mass is 454 g/mol. The van der Waals surface area contributed by atoms with Gasteiger partial charge in [0, 0.05) is 30.7 Å². The lowest BCUT2D eigenvalue weighted by Crippen LogP contribution is -2.05. The molecule has 0 aromatic heterocycles. The predicted octanol–water partition coefficient (Wildman–Crippen LogP) is 6.49. The van der Waals surface area contributed by atoms with E-state index < -0.39 is 5.97 Å². The molecule has 0 saturated heterocycles. The van der Waals surface area contributed by atoms with Crippen molar-refractivity contribution in [2.75, 3.05) is 11.1 Å². The van der Waals surface area contributed by atoms with Gasteiger partial charge < -0.3 is 20.5 Å². The van der Waals surface area contributed by atoms with Gasteiger partial charge in [0.15, 0.2) is 5.69 Å². The van der Waals surface area contributed by atoms with Crippen LogP contribution in [0.3, 0.4) is 0 Å². The number of ether oxygens (including phenoxy) is 2. The first-order chi connectivity index (χ1) is 16.3. The molecule has 0 heterocycles. The van der Waals surface area contributed by atoms with Crippen molar-refractivity contribution in [2.45, 2.75) is 40.2 Å². The summed E-state index contributed by atoms with van der Waals surface area (Å²) in [5.74, 6) is 0.800. The Bertz CT molecular complexity index is 1260. The summed E-state index contributed by atoms with van der Waals surface area (Å²) >= 11 is 0. The number of aryl methyl sites for hydroxylation is 3. The number of rotatable bonds is 8. The van der Waals surface area contributed by atoms with Gasteiger partial charge in [0.2, 0.25) is 0 Å². The molecule has 0 aliphatic carbocycles. The summed E-state index contributed by atoms with van der Waals surface area (Å²) in [6, 6.07) is 16.7. The summed E-state index contributed by atoms with van der Waals surface area (Å²) in [6.07, 6.45) is 1.13. The minimum Gasteiger partial charge on any atom is -0.461 e. The van der Waals surface area contributed by atoms with Crippen molar-refractivity contribution in [3.8, 4) is 17.6 Å². The molecule has 0 radical (unpaired) electrons. The second kappa shape index (κ2) is 10.9. The predicted molar refractivity (Wildman–Crippen MR) is 132 cm³/mol. The molecule has 0 spiro atoms. The molecule has 3 aromatic carbocycles. The number of carbonyl (C=O) groups excluding carboxylic acids is 1. The van der Waals surface area contributed by atoms with Gasteiger partial charge in [0.1, 0.15) is 18.1 Å². The standard InChI is InChI=1S/C27H26N4O3/c1-17-12-20(6-5-11-28)13-18(2)27(17)34-26-15-25(24(29)14-21(26)16-33-19(3)32)31-23-9-7-22(30-4)8-10-23/h7-10,12-15,31H,5-6,16,29H2,1-3H3. The molecule has 0 amide bonds. The molecular formula is C27H26N4O3. The highest BCUT2D eigenvalue weighted by molar-refractivity contribution is 5.76. The topological polar surface area (TPSA) is 102 Å². The third-order valence-electron chi connectivity index (χ3n) is 5.20. The lowest BCUT2D eigenvalue weighted by Gasteiger charge is -2.19. The van der Waals surface area contributed by atoms with Crippen LogP contribution < -0.4 is 15.8 Å². The zero-order valence-electron chi connectivity index (χ0n) is 19.4. The maximum atomic E-state index is 11.4. The highest BCUT2D eigenvalue weighted by Crippen LogP contribution is 2.37. The maximum absolute atomic E-state index is 11.4. The van der Waals surface area contributed by atoms with Gasteiger partial charge in [-0.1, -0.05) is 24.3 Å². The van der Waals surface area contributed by atoms with Crippen LogP contribution in [0.1, 0.15) is 35.6 Å². The first-order valence-corrected chi connectivity index (χ1v) is 10.8. The molecular weight excluding hydrogens is 428 g/mol. The van der Waals surface area contributed by atoms with E-state index in [2.05, 4.69) is 16.2 Å². The first kappa shape index (κ1) is 24.2. The van der Waals surface area contributed by atoms with Gasteiger partial charge >= 0.3 is 5.97 Å². The quantitative estimate of drug-likeness (QED) is 0.229. The molecule has 0 saturated carbocycles. The Morgan fingerprint density at radius 3 is 2.41 bits per heavy atom. The van der Waals surface area contributed by atoms with Crippen LogP contribution in [0.25, 0.3) is 4.85 Å². The van der Waals surface area contributed by atoms with Crippen LogP contribution in [0.15, 0.2) is 48.5 Å². The summed E-state index contributed by atoms with van der Waals surface area (Å²) in [6.45, 7) is 12.4. The zero-order chi connectivity index (χ0) is 24.7. The van der Waals surface area contributed by atoms with Crippen LogP contribution in [0.2, 0.25) is 0 Å².